The molecule has 80 valence electrons. The highest BCUT2D eigenvalue weighted by Crippen LogP contribution is 2.17. The molecule has 0 aromatic heterocycles. The quantitative estimate of drug-likeness (QED) is 0.457. The Morgan fingerprint density at radius 3 is 2.20 bits per heavy atom. The first kappa shape index (κ1) is 11.4. The highest BCUT2D eigenvalue weighted by molar-refractivity contribution is 6.13. The molecule has 0 aliphatic rings. The first-order valence-electron chi connectivity index (χ1n) is 4.46. The van der Waals surface area contributed by atoms with E-state index in [2.05, 4.69) is 0 Å². The molecule has 0 bridgehead atoms. The Hall–Kier alpha value is -1.72. The Balaban J connectivity index is 3.32. The summed E-state index contributed by atoms with van der Waals surface area (Å²) in [5.41, 5.74) is 16.8. The third-order valence-electron chi connectivity index (χ3n) is 2.05. The van der Waals surface area contributed by atoms with Gasteiger partial charge < -0.3 is 17.2 Å². The highest BCUT2D eigenvalue weighted by Gasteiger charge is 2.17. The summed E-state index contributed by atoms with van der Waals surface area (Å²) in [5, 5.41) is 0. The molecular weight excluding hydrogens is 194 g/mol. The first-order valence-corrected chi connectivity index (χ1v) is 4.46. The van der Waals surface area contributed by atoms with Crippen molar-refractivity contribution in [2.24, 2.45) is 11.5 Å². The molecule has 6 N–H and O–H groups in total. The number of carbonyl (C=O) groups excluding carboxylic acids is 2. The van der Waals surface area contributed by atoms with Crippen LogP contribution in [0.15, 0.2) is 18.2 Å². The maximum absolute atomic E-state index is 11.5. The van der Waals surface area contributed by atoms with Gasteiger partial charge in [-0.1, -0.05) is 12.1 Å². The van der Waals surface area contributed by atoms with Crippen molar-refractivity contribution in [1.82, 2.24) is 0 Å². The van der Waals surface area contributed by atoms with Crippen molar-refractivity contribution in [3.8, 4) is 0 Å². The summed E-state index contributed by atoms with van der Waals surface area (Å²) in [4.78, 5) is 22.9. The van der Waals surface area contributed by atoms with E-state index in [0.717, 1.165) is 0 Å². The molecular formula is C10H13N3O2. The van der Waals surface area contributed by atoms with E-state index in [-0.39, 0.29) is 41.5 Å². The predicted molar refractivity (Wildman–Crippen MR) is 57.6 cm³/mol. The summed E-state index contributed by atoms with van der Waals surface area (Å²) in [6.07, 6.45) is 0. The molecule has 0 amide bonds. The van der Waals surface area contributed by atoms with Crippen LogP contribution in [0.3, 0.4) is 0 Å². The minimum absolute atomic E-state index is 0.158. The predicted octanol–water partition coefficient (Wildman–Crippen LogP) is -0.448. The monoisotopic (exact) mass is 207 g/mol. The van der Waals surface area contributed by atoms with Gasteiger partial charge in [-0.2, -0.15) is 0 Å². The summed E-state index contributed by atoms with van der Waals surface area (Å²) < 4.78 is 0. The number of carbonyl (C=O) groups is 2. The second-order valence-corrected chi connectivity index (χ2v) is 3.02. The van der Waals surface area contributed by atoms with Crippen molar-refractivity contribution < 1.29 is 9.59 Å². The maximum Gasteiger partial charge on any atom is 0.179 e. The molecule has 0 saturated carbocycles. The molecule has 0 saturated heterocycles. The number of benzene rings is 1. The summed E-state index contributed by atoms with van der Waals surface area (Å²) >= 11 is 0. The van der Waals surface area contributed by atoms with Gasteiger partial charge in [-0.05, 0) is 6.07 Å². The van der Waals surface area contributed by atoms with Crippen LogP contribution in [-0.4, -0.2) is 24.7 Å². The Kier molecular flexibility index (Phi) is 3.54. The van der Waals surface area contributed by atoms with Crippen molar-refractivity contribution in [3.63, 3.8) is 0 Å². The molecule has 0 radical (unpaired) electrons. The Morgan fingerprint density at radius 1 is 1.07 bits per heavy atom. The molecule has 1 aromatic carbocycles. The van der Waals surface area contributed by atoms with Crippen LogP contribution >= 0.6 is 0 Å². The van der Waals surface area contributed by atoms with Crippen LogP contribution in [-0.2, 0) is 0 Å². The van der Waals surface area contributed by atoms with Crippen LogP contribution < -0.4 is 17.2 Å². The van der Waals surface area contributed by atoms with E-state index in [1.165, 1.54) is 6.07 Å². The van der Waals surface area contributed by atoms with Crippen molar-refractivity contribution in [2.75, 3.05) is 18.8 Å². The maximum atomic E-state index is 11.5. The van der Waals surface area contributed by atoms with E-state index in [1.807, 2.05) is 0 Å². The van der Waals surface area contributed by atoms with Gasteiger partial charge in [0.2, 0.25) is 0 Å². The van der Waals surface area contributed by atoms with Gasteiger partial charge in [0.1, 0.15) is 0 Å². The van der Waals surface area contributed by atoms with Crippen molar-refractivity contribution in [3.05, 3.63) is 29.3 Å². The van der Waals surface area contributed by atoms with Crippen LogP contribution in [0.1, 0.15) is 20.7 Å². The Bertz CT molecular complexity index is 402. The molecule has 0 atom stereocenters. The summed E-state index contributed by atoms with van der Waals surface area (Å²) in [5.74, 6) is -0.677. The molecule has 0 unspecified atom stereocenters. The number of hydrogen-bond donors (Lipinski definition) is 3. The Morgan fingerprint density at radius 2 is 1.67 bits per heavy atom. The number of ketones is 2. The van der Waals surface area contributed by atoms with Gasteiger partial charge in [-0.25, -0.2) is 0 Å². The fourth-order valence-corrected chi connectivity index (χ4v) is 1.33. The zero-order chi connectivity index (χ0) is 11.4. The van der Waals surface area contributed by atoms with Crippen LogP contribution in [0.5, 0.6) is 0 Å². The minimum atomic E-state index is -0.357. The third-order valence-corrected chi connectivity index (χ3v) is 2.05. The smallest absolute Gasteiger partial charge is 0.179 e. The second kappa shape index (κ2) is 4.68. The van der Waals surface area contributed by atoms with Crippen LogP contribution in [0.4, 0.5) is 5.69 Å². The molecule has 0 heterocycles. The molecule has 5 nitrogen and oxygen atoms in total. The molecule has 1 aromatic rings. The topological polar surface area (TPSA) is 112 Å². The molecule has 0 aliphatic heterocycles. The average molecular weight is 207 g/mol. The zero-order valence-electron chi connectivity index (χ0n) is 8.19. The first-order chi connectivity index (χ1) is 7.11. The highest BCUT2D eigenvalue weighted by atomic mass is 16.1. The number of hydrogen-bond acceptors (Lipinski definition) is 5. The van der Waals surface area contributed by atoms with Gasteiger partial charge in [0.25, 0.3) is 0 Å². The number of anilines is 1. The largest absolute Gasteiger partial charge is 0.398 e. The van der Waals surface area contributed by atoms with Gasteiger partial charge in [0.05, 0.1) is 18.7 Å². The van der Waals surface area contributed by atoms with E-state index >= 15 is 0 Å². The number of Topliss-reactive ketones (excluding diaryl/α,β-unsaturated/α-hetero) is 2. The van der Waals surface area contributed by atoms with Crippen LogP contribution in [0.2, 0.25) is 0 Å². The van der Waals surface area contributed by atoms with E-state index in [0.29, 0.717) is 0 Å². The summed E-state index contributed by atoms with van der Waals surface area (Å²) in [7, 11) is 0. The second-order valence-electron chi connectivity index (χ2n) is 3.02. The van der Waals surface area contributed by atoms with Gasteiger partial charge in [-0.3, -0.25) is 9.59 Å². The van der Waals surface area contributed by atoms with E-state index in [9.17, 15) is 9.59 Å². The van der Waals surface area contributed by atoms with Crippen molar-refractivity contribution in [1.29, 1.82) is 0 Å². The molecule has 15 heavy (non-hydrogen) atoms. The zero-order valence-corrected chi connectivity index (χ0v) is 8.19. The normalized spacial score (nSPS) is 10.0. The summed E-state index contributed by atoms with van der Waals surface area (Å²) in [6.45, 7) is -0.340. The van der Waals surface area contributed by atoms with Crippen molar-refractivity contribution in [2.45, 2.75) is 0 Å². The van der Waals surface area contributed by atoms with Gasteiger partial charge in [-0.15, -0.1) is 0 Å². The lowest BCUT2D eigenvalue weighted by atomic mass is 9.98. The number of nitrogen functional groups attached to an aromatic ring is 1. The SMILES string of the molecule is NCC(=O)c1cccc(N)c1C(=O)CN. The van der Waals surface area contributed by atoms with E-state index in [1.54, 1.807) is 12.1 Å². The fraction of sp³-hybridized carbons (Fsp3) is 0.200. The number of rotatable bonds is 4. The van der Waals surface area contributed by atoms with Crippen LogP contribution in [0, 0.1) is 0 Å². The fourth-order valence-electron chi connectivity index (χ4n) is 1.33. The van der Waals surface area contributed by atoms with Gasteiger partial charge >= 0.3 is 0 Å². The standard InChI is InChI=1S/C10H13N3O2/c11-4-8(14)6-2-1-3-7(13)10(6)9(15)5-12/h1-3H,4-5,11-13H2. The Labute approximate surface area is 87.2 Å². The average Bonchev–Trinajstić information content (AvgIpc) is 2.26. The molecule has 5 heteroatoms. The van der Waals surface area contributed by atoms with E-state index in [4.69, 9.17) is 17.2 Å². The summed E-state index contributed by atoms with van der Waals surface area (Å²) in [6, 6.07) is 4.68. The van der Waals surface area contributed by atoms with Gasteiger partial charge in [0.15, 0.2) is 11.6 Å². The number of nitrogens with two attached hydrogens (primary N) is 3. The van der Waals surface area contributed by atoms with Crippen LogP contribution in [0.25, 0.3) is 0 Å². The lowest BCUT2D eigenvalue weighted by molar-refractivity contribution is 0.0970. The van der Waals surface area contributed by atoms with Crippen molar-refractivity contribution >= 4 is 17.3 Å². The molecule has 1 rings (SSSR count). The molecule has 0 aliphatic carbocycles. The van der Waals surface area contributed by atoms with E-state index < -0.39 is 0 Å². The van der Waals surface area contributed by atoms with Gasteiger partial charge in [0, 0.05) is 11.3 Å². The molecule has 0 spiro atoms. The minimum Gasteiger partial charge on any atom is -0.398 e. The molecule has 0 fully saturated rings. The lowest BCUT2D eigenvalue weighted by Gasteiger charge is -2.08. The third kappa shape index (κ3) is 2.20. The lowest BCUT2D eigenvalue weighted by Crippen LogP contribution is -2.22.